The fraction of sp³-hybridized carbons (Fsp3) is 0.706. The third kappa shape index (κ3) is 3.80. The van der Waals surface area contributed by atoms with Gasteiger partial charge in [-0.2, -0.15) is 4.31 Å². The van der Waals surface area contributed by atoms with Crippen LogP contribution in [0.2, 0.25) is 0 Å². The minimum Gasteiger partial charge on any atom is -0.475 e. The van der Waals surface area contributed by atoms with Crippen molar-refractivity contribution in [3.63, 3.8) is 0 Å². The molecule has 2 aliphatic rings. The maximum Gasteiger partial charge on any atom is 0.250 e. The van der Waals surface area contributed by atoms with Gasteiger partial charge < -0.3 is 4.74 Å². The number of hydrogen-bond donors (Lipinski definition) is 0. The maximum absolute atomic E-state index is 13.6. The monoisotopic (exact) mass is 371 g/mol. The van der Waals surface area contributed by atoms with E-state index in [2.05, 4.69) is 16.9 Å². The minimum absolute atomic E-state index is 0.0382. The number of sulfonamides is 1. The van der Waals surface area contributed by atoms with Crippen molar-refractivity contribution in [2.75, 3.05) is 39.0 Å². The van der Waals surface area contributed by atoms with Gasteiger partial charge in [0, 0.05) is 24.8 Å². The van der Waals surface area contributed by atoms with Gasteiger partial charge in [0.25, 0.3) is 0 Å². The number of ether oxygens (including phenoxy) is 1. The summed E-state index contributed by atoms with van der Waals surface area (Å²) in [6.07, 6.45) is 3.95. The molecule has 0 aliphatic carbocycles. The lowest BCUT2D eigenvalue weighted by atomic mass is 9.77. The van der Waals surface area contributed by atoms with Gasteiger partial charge in [0.15, 0.2) is 5.82 Å². The van der Waals surface area contributed by atoms with Crippen LogP contribution in [0.3, 0.4) is 0 Å². The molecule has 1 spiro atoms. The van der Waals surface area contributed by atoms with Gasteiger partial charge in [0.1, 0.15) is 0 Å². The van der Waals surface area contributed by atoms with Crippen molar-refractivity contribution in [3.05, 3.63) is 24.1 Å². The largest absolute Gasteiger partial charge is 0.475 e. The van der Waals surface area contributed by atoms with Crippen molar-refractivity contribution >= 4 is 10.0 Å². The van der Waals surface area contributed by atoms with Gasteiger partial charge in [-0.3, -0.25) is 4.90 Å². The van der Waals surface area contributed by atoms with Crippen molar-refractivity contribution in [2.24, 2.45) is 5.92 Å². The zero-order valence-corrected chi connectivity index (χ0v) is 15.6. The number of hydrogen-bond acceptors (Lipinski definition) is 5. The molecule has 0 saturated carbocycles. The van der Waals surface area contributed by atoms with Crippen LogP contribution in [-0.2, 0) is 10.0 Å². The quantitative estimate of drug-likeness (QED) is 0.762. The zero-order chi connectivity index (χ0) is 18.1. The molecule has 0 bridgehead atoms. The summed E-state index contributed by atoms with van der Waals surface area (Å²) in [4.78, 5) is 6.18. The Bertz CT molecular complexity index is 707. The number of likely N-dealkylation sites (tertiary alicyclic amines) is 1. The van der Waals surface area contributed by atoms with E-state index in [1.807, 2.05) is 6.92 Å². The molecule has 2 aliphatic heterocycles. The molecule has 2 saturated heterocycles. The Labute approximate surface area is 149 Å². The number of likely N-dealkylation sites (N-methyl/N-ethyl adjacent to an activating group) is 1. The highest BCUT2D eigenvalue weighted by molar-refractivity contribution is 7.89. The molecule has 3 rings (SSSR count). The summed E-state index contributed by atoms with van der Waals surface area (Å²) in [7, 11) is -1.08. The van der Waals surface area contributed by atoms with Crippen LogP contribution < -0.4 is 4.74 Å². The Morgan fingerprint density at radius 3 is 2.88 bits per heavy atom. The van der Waals surface area contributed by atoms with Gasteiger partial charge >= 0.3 is 0 Å². The topological polar surface area (TPSA) is 62.7 Å². The van der Waals surface area contributed by atoms with E-state index in [0.29, 0.717) is 26.1 Å². The molecule has 1 atom stereocenters. The zero-order valence-electron chi connectivity index (χ0n) is 14.8. The number of aromatic nitrogens is 1. The predicted molar refractivity (Wildman–Crippen MR) is 93.4 cm³/mol. The molecule has 6 nitrogen and oxygen atoms in total. The summed E-state index contributed by atoms with van der Waals surface area (Å²) in [5.74, 6) is 0.0636. The molecule has 0 amide bonds. The summed E-state index contributed by atoms with van der Waals surface area (Å²) in [6, 6.07) is 2.87. The molecule has 0 aromatic carbocycles. The van der Waals surface area contributed by atoms with Crippen molar-refractivity contribution in [3.8, 4) is 5.88 Å². The third-order valence-electron chi connectivity index (χ3n) is 5.33. The van der Waals surface area contributed by atoms with Crippen molar-refractivity contribution in [2.45, 2.75) is 31.7 Å². The van der Waals surface area contributed by atoms with Crippen LogP contribution in [0.5, 0.6) is 5.88 Å². The first kappa shape index (κ1) is 18.5. The van der Waals surface area contributed by atoms with E-state index >= 15 is 0 Å². The molecule has 1 aromatic rings. The van der Waals surface area contributed by atoms with Gasteiger partial charge in [-0.1, -0.05) is 6.92 Å². The molecule has 0 N–H and O–H groups in total. The second kappa shape index (κ2) is 7.17. The summed E-state index contributed by atoms with van der Waals surface area (Å²) >= 11 is 0. The molecule has 25 heavy (non-hydrogen) atoms. The molecule has 2 fully saturated rings. The Balaban J connectivity index is 1.59. The lowest BCUT2D eigenvalue weighted by Gasteiger charge is -2.57. The highest BCUT2D eigenvalue weighted by Gasteiger charge is 2.52. The van der Waals surface area contributed by atoms with Crippen LogP contribution in [0.4, 0.5) is 4.39 Å². The van der Waals surface area contributed by atoms with Gasteiger partial charge in [-0.15, -0.1) is 0 Å². The smallest absolute Gasteiger partial charge is 0.250 e. The second-order valence-corrected chi connectivity index (χ2v) is 9.28. The van der Waals surface area contributed by atoms with Crippen LogP contribution in [0.25, 0.3) is 0 Å². The maximum atomic E-state index is 13.6. The summed E-state index contributed by atoms with van der Waals surface area (Å²) < 4.78 is 45.2. The van der Waals surface area contributed by atoms with Crippen LogP contribution in [-0.4, -0.2) is 67.2 Å². The fourth-order valence-corrected chi connectivity index (χ4v) is 5.44. The first-order chi connectivity index (χ1) is 11.9. The molecule has 1 unspecified atom stereocenters. The van der Waals surface area contributed by atoms with Crippen molar-refractivity contribution in [1.29, 1.82) is 0 Å². The molecular weight excluding hydrogens is 345 g/mol. The lowest BCUT2D eigenvalue weighted by Crippen LogP contribution is -2.72. The Morgan fingerprint density at radius 1 is 1.44 bits per heavy atom. The van der Waals surface area contributed by atoms with Crippen LogP contribution >= 0.6 is 0 Å². The molecule has 0 radical (unpaired) electrons. The SMILES string of the molecule is CCCS(=O)(=O)N1CC2(CC(COc3ncccc3F)CCN2C)C1. The highest BCUT2D eigenvalue weighted by Crippen LogP contribution is 2.39. The average Bonchev–Trinajstić information content (AvgIpc) is 2.53. The number of pyridine rings is 1. The van der Waals surface area contributed by atoms with E-state index in [9.17, 15) is 12.8 Å². The van der Waals surface area contributed by atoms with E-state index in [1.54, 1.807) is 4.31 Å². The summed E-state index contributed by atoms with van der Waals surface area (Å²) in [5, 5.41) is 0. The second-order valence-electron chi connectivity index (χ2n) is 7.19. The molecule has 140 valence electrons. The number of piperidine rings is 1. The van der Waals surface area contributed by atoms with Gasteiger partial charge in [-0.25, -0.2) is 17.8 Å². The minimum atomic E-state index is -3.13. The first-order valence-corrected chi connectivity index (χ1v) is 10.4. The summed E-state index contributed by atoms with van der Waals surface area (Å²) in [5.41, 5.74) is -0.115. The first-order valence-electron chi connectivity index (χ1n) is 8.79. The van der Waals surface area contributed by atoms with Crippen LogP contribution in [0.15, 0.2) is 18.3 Å². The molecular formula is C17H26FN3O3S. The Hall–Kier alpha value is -1.25. The van der Waals surface area contributed by atoms with E-state index in [-0.39, 0.29) is 23.1 Å². The van der Waals surface area contributed by atoms with Gasteiger partial charge in [0.05, 0.1) is 12.4 Å². The highest BCUT2D eigenvalue weighted by atomic mass is 32.2. The number of halogens is 1. The number of rotatable bonds is 6. The molecule has 3 heterocycles. The lowest BCUT2D eigenvalue weighted by molar-refractivity contribution is -0.0499. The van der Waals surface area contributed by atoms with E-state index < -0.39 is 15.8 Å². The fourth-order valence-electron chi connectivity index (χ4n) is 3.79. The normalized spacial score (nSPS) is 24.2. The summed E-state index contributed by atoms with van der Waals surface area (Å²) in [6.45, 7) is 4.26. The Morgan fingerprint density at radius 2 is 2.20 bits per heavy atom. The third-order valence-corrected chi connectivity index (χ3v) is 7.30. The van der Waals surface area contributed by atoms with Gasteiger partial charge in [-0.05, 0) is 50.9 Å². The molecule has 8 heteroatoms. The van der Waals surface area contributed by atoms with Crippen molar-refractivity contribution < 1.29 is 17.5 Å². The molecule has 1 aromatic heterocycles. The number of nitrogens with zero attached hydrogens (tertiary/aromatic N) is 3. The van der Waals surface area contributed by atoms with Crippen LogP contribution in [0, 0.1) is 11.7 Å². The van der Waals surface area contributed by atoms with Crippen LogP contribution in [0.1, 0.15) is 26.2 Å². The van der Waals surface area contributed by atoms with Gasteiger partial charge in [0.2, 0.25) is 15.9 Å². The Kier molecular flexibility index (Phi) is 5.31. The van der Waals surface area contributed by atoms with Crippen molar-refractivity contribution in [1.82, 2.24) is 14.2 Å². The van der Waals surface area contributed by atoms with E-state index in [4.69, 9.17) is 4.74 Å². The van der Waals surface area contributed by atoms with E-state index in [0.717, 1.165) is 19.4 Å². The average molecular weight is 371 g/mol. The standard InChI is InChI=1S/C17H26FN3O3S/c1-3-9-25(22,23)21-12-17(13-21)10-14(6-8-20(17)2)11-24-16-15(18)5-4-7-19-16/h4-5,7,14H,3,6,8-13H2,1-2H3. The van der Waals surface area contributed by atoms with E-state index in [1.165, 1.54) is 18.3 Å². The predicted octanol–water partition coefficient (Wildman–Crippen LogP) is 1.74.